The normalized spacial score (nSPS) is 12.2. The molecular weight excluding hydrogens is 242 g/mol. The van der Waals surface area contributed by atoms with Crippen LogP contribution in [0, 0.1) is 0 Å². The molecule has 17 heavy (non-hydrogen) atoms. The fraction of sp³-hybridized carbons (Fsp3) is 0.417. The second kappa shape index (κ2) is 6.47. The molecule has 4 nitrogen and oxygen atoms in total. The van der Waals surface area contributed by atoms with E-state index in [4.69, 9.17) is 21.8 Å². The van der Waals surface area contributed by atoms with Gasteiger partial charge in [0.15, 0.2) is 0 Å². The van der Waals surface area contributed by atoms with Gasteiger partial charge in [0.1, 0.15) is 5.56 Å². The second-order valence-corrected chi connectivity index (χ2v) is 4.29. The van der Waals surface area contributed by atoms with E-state index in [0.717, 1.165) is 6.42 Å². The Labute approximate surface area is 105 Å². The molecule has 0 aliphatic carbocycles. The Kier molecular flexibility index (Phi) is 5.25. The van der Waals surface area contributed by atoms with Crippen LogP contribution in [0.1, 0.15) is 30.1 Å². The van der Waals surface area contributed by atoms with Crippen molar-refractivity contribution in [1.29, 1.82) is 0 Å². The Morgan fingerprint density at radius 2 is 2.24 bits per heavy atom. The predicted molar refractivity (Wildman–Crippen MR) is 67.8 cm³/mol. The van der Waals surface area contributed by atoms with E-state index in [1.807, 2.05) is 6.92 Å². The SMILES string of the molecule is CC(CCCO)Nc1cccc(Cl)c1C(=O)O. The minimum atomic E-state index is -1.05. The van der Waals surface area contributed by atoms with Gasteiger partial charge in [-0.25, -0.2) is 4.79 Å². The minimum absolute atomic E-state index is 0.0821. The Morgan fingerprint density at radius 3 is 2.82 bits per heavy atom. The van der Waals surface area contributed by atoms with Crippen molar-refractivity contribution in [3.05, 3.63) is 28.8 Å². The largest absolute Gasteiger partial charge is 0.478 e. The molecule has 94 valence electrons. The summed E-state index contributed by atoms with van der Waals surface area (Å²) in [6.07, 6.45) is 1.44. The standard InChI is InChI=1S/C12H16ClNO3/c1-8(4-3-7-15)14-10-6-2-5-9(13)11(10)12(16)17/h2,5-6,8,14-15H,3-4,7H2,1H3,(H,16,17). The van der Waals surface area contributed by atoms with Crippen molar-refractivity contribution in [2.45, 2.75) is 25.8 Å². The van der Waals surface area contributed by atoms with Gasteiger partial charge >= 0.3 is 5.97 Å². The fourth-order valence-corrected chi connectivity index (χ4v) is 1.85. The van der Waals surface area contributed by atoms with Gasteiger partial charge in [0.2, 0.25) is 0 Å². The number of hydrogen-bond acceptors (Lipinski definition) is 3. The Hall–Kier alpha value is -1.26. The number of rotatable bonds is 6. The van der Waals surface area contributed by atoms with Gasteiger partial charge in [-0.2, -0.15) is 0 Å². The quantitative estimate of drug-likeness (QED) is 0.733. The molecule has 0 radical (unpaired) electrons. The van der Waals surface area contributed by atoms with Gasteiger partial charge in [-0.3, -0.25) is 0 Å². The lowest BCUT2D eigenvalue weighted by atomic mass is 10.1. The summed E-state index contributed by atoms with van der Waals surface area (Å²) < 4.78 is 0. The molecule has 0 aliphatic rings. The molecule has 0 aromatic heterocycles. The van der Waals surface area contributed by atoms with Crippen LogP contribution in [-0.4, -0.2) is 28.8 Å². The van der Waals surface area contributed by atoms with Gasteiger partial charge in [0, 0.05) is 12.6 Å². The molecule has 3 N–H and O–H groups in total. The van der Waals surface area contributed by atoms with Gasteiger partial charge in [0.05, 0.1) is 10.7 Å². The highest BCUT2D eigenvalue weighted by Crippen LogP contribution is 2.25. The first kappa shape index (κ1) is 13.8. The van der Waals surface area contributed by atoms with Gasteiger partial charge in [-0.05, 0) is 31.9 Å². The number of aliphatic hydroxyl groups is 1. The first-order valence-electron chi connectivity index (χ1n) is 5.45. The Morgan fingerprint density at radius 1 is 1.53 bits per heavy atom. The number of benzene rings is 1. The number of carbonyl (C=O) groups is 1. The Bertz CT molecular complexity index is 395. The molecular formula is C12H16ClNO3. The van der Waals surface area contributed by atoms with Crippen LogP contribution in [0.25, 0.3) is 0 Å². The maximum atomic E-state index is 11.1. The van der Waals surface area contributed by atoms with Crippen molar-refractivity contribution in [1.82, 2.24) is 0 Å². The summed E-state index contributed by atoms with van der Waals surface area (Å²) in [7, 11) is 0. The van der Waals surface area contributed by atoms with E-state index >= 15 is 0 Å². The second-order valence-electron chi connectivity index (χ2n) is 3.88. The molecule has 1 aromatic carbocycles. The van der Waals surface area contributed by atoms with Crippen molar-refractivity contribution < 1.29 is 15.0 Å². The summed E-state index contributed by atoms with van der Waals surface area (Å²) in [4.78, 5) is 11.1. The molecule has 0 bridgehead atoms. The van der Waals surface area contributed by atoms with Crippen molar-refractivity contribution in [3.63, 3.8) is 0 Å². The predicted octanol–water partition coefficient (Wildman–Crippen LogP) is 2.61. The van der Waals surface area contributed by atoms with Crippen molar-refractivity contribution in [2.75, 3.05) is 11.9 Å². The molecule has 0 aliphatic heterocycles. The molecule has 0 heterocycles. The first-order valence-corrected chi connectivity index (χ1v) is 5.83. The van der Waals surface area contributed by atoms with Crippen LogP contribution in [0.4, 0.5) is 5.69 Å². The first-order chi connectivity index (χ1) is 8.06. The maximum Gasteiger partial charge on any atom is 0.339 e. The lowest BCUT2D eigenvalue weighted by Crippen LogP contribution is -2.17. The Balaban J connectivity index is 2.83. The molecule has 0 saturated carbocycles. The van der Waals surface area contributed by atoms with Crippen LogP contribution in [0.5, 0.6) is 0 Å². The van der Waals surface area contributed by atoms with Crippen LogP contribution in [0.15, 0.2) is 18.2 Å². The van der Waals surface area contributed by atoms with E-state index in [9.17, 15) is 4.79 Å². The van der Waals surface area contributed by atoms with E-state index < -0.39 is 5.97 Å². The van der Waals surface area contributed by atoms with Crippen molar-refractivity contribution in [3.8, 4) is 0 Å². The van der Waals surface area contributed by atoms with Crippen LogP contribution < -0.4 is 5.32 Å². The van der Waals surface area contributed by atoms with Gasteiger partial charge in [0.25, 0.3) is 0 Å². The molecule has 0 amide bonds. The van der Waals surface area contributed by atoms with Crippen molar-refractivity contribution in [2.24, 2.45) is 0 Å². The van der Waals surface area contributed by atoms with Crippen LogP contribution in [0.2, 0.25) is 5.02 Å². The summed E-state index contributed by atoms with van der Waals surface area (Å²) in [6, 6.07) is 5.02. The van der Waals surface area contributed by atoms with Crippen LogP contribution >= 0.6 is 11.6 Å². The highest BCUT2D eigenvalue weighted by molar-refractivity contribution is 6.34. The van der Waals surface area contributed by atoms with Gasteiger partial charge in [-0.1, -0.05) is 17.7 Å². The average Bonchev–Trinajstić information content (AvgIpc) is 2.25. The lowest BCUT2D eigenvalue weighted by molar-refractivity contribution is 0.0698. The molecule has 1 atom stereocenters. The van der Waals surface area contributed by atoms with E-state index in [1.54, 1.807) is 18.2 Å². The maximum absolute atomic E-state index is 11.1. The lowest BCUT2D eigenvalue weighted by Gasteiger charge is -2.17. The molecule has 1 unspecified atom stereocenters. The van der Waals surface area contributed by atoms with Crippen molar-refractivity contribution >= 4 is 23.3 Å². The fourth-order valence-electron chi connectivity index (χ4n) is 1.60. The number of aromatic carboxylic acids is 1. The smallest absolute Gasteiger partial charge is 0.339 e. The highest BCUT2D eigenvalue weighted by atomic mass is 35.5. The van der Waals surface area contributed by atoms with E-state index in [-0.39, 0.29) is 23.2 Å². The third-order valence-corrected chi connectivity index (χ3v) is 2.74. The molecule has 1 rings (SSSR count). The summed E-state index contributed by atoms with van der Waals surface area (Å²) in [5.74, 6) is -1.05. The molecule has 0 spiro atoms. The minimum Gasteiger partial charge on any atom is -0.478 e. The summed E-state index contributed by atoms with van der Waals surface area (Å²) in [5, 5.41) is 21.1. The van der Waals surface area contributed by atoms with Gasteiger partial charge < -0.3 is 15.5 Å². The molecule has 0 saturated heterocycles. The highest BCUT2D eigenvalue weighted by Gasteiger charge is 2.15. The zero-order valence-electron chi connectivity index (χ0n) is 9.61. The summed E-state index contributed by atoms with van der Waals surface area (Å²) >= 11 is 5.85. The zero-order chi connectivity index (χ0) is 12.8. The number of carboxylic acid groups (broad SMARTS) is 1. The third-order valence-electron chi connectivity index (χ3n) is 2.42. The number of hydrogen-bond donors (Lipinski definition) is 3. The number of anilines is 1. The molecule has 1 aromatic rings. The monoisotopic (exact) mass is 257 g/mol. The van der Waals surface area contributed by atoms with E-state index in [2.05, 4.69) is 5.32 Å². The number of carboxylic acids is 1. The van der Waals surface area contributed by atoms with Gasteiger partial charge in [-0.15, -0.1) is 0 Å². The van der Waals surface area contributed by atoms with E-state index in [1.165, 1.54) is 0 Å². The molecule has 0 fully saturated rings. The summed E-state index contributed by atoms with van der Waals surface area (Å²) in [6.45, 7) is 2.07. The number of aliphatic hydroxyl groups excluding tert-OH is 1. The van der Waals surface area contributed by atoms with Crippen LogP contribution in [0.3, 0.4) is 0 Å². The zero-order valence-corrected chi connectivity index (χ0v) is 10.4. The summed E-state index contributed by atoms with van der Waals surface area (Å²) in [5.41, 5.74) is 0.598. The average molecular weight is 258 g/mol. The number of halogens is 1. The topological polar surface area (TPSA) is 69.6 Å². The molecule has 5 heteroatoms. The van der Waals surface area contributed by atoms with Crippen LogP contribution in [-0.2, 0) is 0 Å². The number of nitrogens with one attached hydrogen (secondary N) is 1. The third kappa shape index (κ3) is 3.91. The van der Waals surface area contributed by atoms with E-state index in [0.29, 0.717) is 12.1 Å².